The second-order valence-corrected chi connectivity index (χ2v) is 37.2. The maximum atomic E-state index is 5.08. The molecule has 26 rings (SSSR count). The number of pyridine rings is 11. The minimum absolute atomic E-state index is 0.784. The number of fused-ring (bicyclic) bond motifs is 12. The molecule has 0 bridgehead atoms. The molecule has 0 spiro atoms. The van der Waals surface area contributed by atoms with Gasteiger partial charge >= 0.3 is 0 Å². The summed E-state index contributed by atoms with van der Waals surface area (Å²) in [6.45, 7) is 0. The van der Waals surface area contributed by atoms with E-state index in [0.29, 0.717) is 0 Å². The van der Waals surface area contributed by atoms with Crippen LogP contribution in [0.15, 0.2) is 486 Å². The average Bonchev–Trinajstić information content (AvgIpc) is 1.55. The van der Waals surface area contributed by atoms with E-state index in [4.69, 9.17) is 34.9 Å². The minimum atomic E-state index is 0.784. The van der Waals surface area contributed by atoms with Gasteiger partial charge in [0.15, 0.2) is 0 Å². The lowest BCUT2D eigenvalue weighted by Gasteiger charge is -2.12. The Morgan fingerprint density at radius 2 is 0.400 bits per heavy atom. The van der Waals surface area contributed by atoms with Crippen LogP contribution in [-0.2, 0) is 0 Å². The predicted octanol–water partition coefficient (Wildman–Crippen LogP) is 32.2. The number of benzene rings is 11. The van der Waals surface area contributed by atoms with Crippen LogP contribution in [0.1, 0.15) is 0 Å². The van der Waals surface area contributed by atoms with Gasteiger partial charge in [0, 0.05) is 161 Å². The number of nitrogens with zero attached hydrogens (tertiary/aromatic N) is 15. The first-order valence-electron chi connectivity index (χ1n) is 45.5. The normalized spacial score (nSPS) is 11.3. The molecular formula is C121H77Br4N15. The first-order chi connectivity index (χ1) is 69.0. The molecule has 15 nitrogen and oxygen atoms in total. The van der Waals surface area contributed by atoms with Crippen molar-refractivity contribution in [2.45, 2.75) is 0 Å². The molecule has 0 aliphatic rings. The SMILES string of the molecule is Brc1ccc2c(c1)c1cccnc1n2-c1cc(-c2ccccn2)cc(-c2ccccn2)c1.Brc1ccc2c(c1)c1cccnc1n2-c1cc(-c2ccccn2)nc(-c2ccccn2)c1.Brc1ccc2c(c1)c1cccnc1n2-c1ccc(-c2cc(-c3ccccc3)cc(-c3ccccc3)n2)cc1.Brc1ccc2c(c1)c1cccnc1n2-c1ccc(-c2cc(-c3ccccc3)nc(-c3ccccc3)c2)cc1. The molecule has 0 aliphatic heterocycles. The Hall–Kier alpha value is -16.8. The molecule has 0 radical (unpaired) electrons. The van der Waals surface area contributed by atoms with Crippen molar-refractivity contribution in [1.82, 2.24) is 73.1 Å². The van der Waals surface area contributed by atoms with E-state index in [1.807, 2.05) is 159 Å². The fourth-order valence-electron chi connectivity index (χ4n) is 18.4. The van der Waals surface area contributed by atoms with Gasteiger partial charge in [-0.3, -0.25) is 38.2 Å². The third-order valence-electron chi connectivity index (χ3n) is 24.8. The molecule has 0 fully saturated rings. The first-order valence-corrected chi connectivity index (χ1v) is 48.7. The van der Waals surface area contributed by atoms with Gasteiger partial charge in [0.25, 0.3) is 0 Å². The highest BCUT2D eigenvalue weighted by atomic mass is 79.9. The number of hydrogen-bond acceptors (Lipinski definition) is 11. The van der Waals surface area contributed by atoms with Crippen LogP contribution in [0, 0.1) is 0 Å². The summed E-state index contributed by atoms with van der Waals surface area (Å²) < 4.78 is 13.1. The van der Waals surface area contributed by atoms with Crippen LogP contribution < -0.4 is 0 Å². The third-order valence-corrected chi connectivity index (χ3v) is 26.8. The Morgan fingerprint density at radius 3 is 0.714 bits per heavy atom. The van der Waals surface area contributed by atoms with Gasteiger partial charge in [-0.25, -0.2) is 34.9 Å². The van der Waals surface area contributed by atoms with E-state index in [0.717, 1.165) is 225 Å². The highest BCUT2D eigenvalue weighted by Gasteiger charge is 2.23. The molecule has 0 unspecified atom stereocenters. The van der Waals surface area contributed by atoms with E-state index in [2.05, 4.69) is 399 Å². The maximum Gasteiger partial charge on any atom is 0.145 e. The van der Waals surface area contributed by atoms with E-state index in [9.17, 15) is 0 Å². The standard InChI is InChI=1S/2C34H22BrN3.C27H17BrN4.C26H16BrN5/c35-27-15-18-33-30(22-27)29-12-7-19-36-34(29)38(33)28-16-13-23(14-17-28)26-20-31(24-8-3-1-4-9-24)37-32(21-26)25-10-5-2-6-11-25;35-27-15-18-33-30(22-27)29-12-7-19-36-34(29)38(33)28-16-13-25(14-17-28)32-21-26(23-8-3-1-4-9-23)20-31(37-32)24-10-5-2-6-11-24;28-20-9-10-26-23(17-20)22-6-5-13-31-27(22)32(26)21-15-18(24-7-1-3-11-29-24)14-19(16-21)25-8-2-4-12-30-25;27-17-9-10-25-20(14-17)19-6-5-13-30-26(19)32(25)18-15-23(21-7-1-3-11-28-21)31-24(16-18)22-8-2-4-12-29-22/h2*1-22H;1-17H;1-16H. The molecule has 0 saturated carbocycles. The van der Waals surface area contributed by atoms with Crippen LogP contribution in [-0.4, -0.2) is 73.1 Å². The summed E-state index contributed by atoms with van der Waals surface area (Å²) in [7, 11) is 0. The second kappa shape index (κ2) is 38.8. The zero-order valence-corrected chi connectivity index (χ0v) is 81.0. The van der Waals surface area contributed by atoms with Gasteiger partial charge in [0.2, 0.25) is 0 Å². The van der Waals surface area contributed by atoms with Crippen LogP contribution in [0.3, 0.4) is 0 Å². The Morgan fingerprint density at radius 1 is 0.143 bits per heavy atom. The monoisotopic (exact) mass is 2060 g/mol. The molecule has 19 heteroatoms. The van der Waals surface area contributed by atoms with Gasteiger partial charge in [0.1, 0.15) is 22.6 Å². The van der Waals surface area contributed by atoms with Crippen molar-refractivity contribution in [3.05, 3.63) is 486 Å². The Bertz CT molecular complexity index is 8320. The molecule has 11 aromatic carbocycles. The van der Waals surface area contributed by atoms with E-state index >= 15 is 0 Å². The Kier molecular flexibility index (Phi) is 24.2. The topological polar surface area (TPSA) is 162 Å². The van der Waals surface area contributed by atoms with Crippen molar-refractivity contribution in [3.8, 4) is 135 Å². The summed E-state index contributed by atoms with van der Waals surface area (Å²) in [6.07, 6.45) is 14.6. The summed E-state index contributed by atoms with van der Waals surface area (Å²) in [5.74, 6) is 0. The molecule has 15 aromatic heterocycles. The van der Waals surface area contributed by atoms with Crippen LogP contribution in [0.2, 0.25) is 0 Å². The van der Waals surface area contributed by atoms with E-state index in [1.165, 1.54) is 16.3 Å². The highest BCUT2D eigenvalue weighted by molar-refractivity contribution is 9.11. The van der Waals surface area contributed by atoms with Crippen molar-refractivity contribution < 1.29 is 0 Å². The van der Waals surface area contributed by atoms with E-state index < -0.39 is 0 Å². The highest BCUT2D eigenvalue weighted by Crippen LogP contribution is 2.43. The van der Waals surface area contributed by atoms with Crippen molar-refractivity contribution >= 4 is 151 Å². The summed E-state index contributed by atoms with van der Waals surface area (Å²) >= 11 is 14.5. The summed E-state index contributed by atoms with van der Waals surface area (Å²) in [5, 5.41) is 9.14. The van der Waals surface area contributed by atoms with Gasteiger partial charge in [-0.1, -0.05) is 234 Å². The molecule has 664 valence electrons. The second-order valence-electron chi connectivity index (χ2n) is 33.5. The molecule has 0 amide bonds. The van der Waals surface area contributed by atoms with Gasteiger partial charge in [-0.05, 0) is 271 Å². The van der Waals surface area contributed by atoms with E-state index in [-0.39, 0.29) is 0 Å². The van der Waals surface area contributed by atoms with E-state index in [1.54, 1.807) is 12.4 Å². The smallest absolute Gasteiger partial charge is 0.145 e. The van der Waals surface area contributed by atoms with Gasteiger partial charge in [0.05, 0.1) is 84.7 Å². The van der Waals surface area contributed by atoms with Crippen LogP contribution >= 0.6 is 63.7 Å². The third kappa shape index (κ3) is 17.6. The fourth-order valence-corrected chi connectivity index (χ4v) is 19.8. The molecule has 140 heavy (non-hydrogen) atoms. The number of aromatic nitrogens is 15. The van der Waals surface area contributed by atoms with Crippen molar-refractivity contribution in [1.29, 1.82) is 0 Å². The Labute approximate surface area is 838 Å². The van der Waals surface area contributed by atoms with Gasteiger partial charge < -0.3 is 0 Å². The molecule has 0 saturated heterocycles. The minimum Gasteiger partial charge on any atom is -0.294 e. The number of halogens is 4. The lowest BCUT2D eigenvalue weighted by Crippen LogP contribution is -2.00. The molecule has 0 atom stereocenters. The average molecular weight is 2060 g/mol. The van der Waals surface area contributed by atoms with Crippen LogP contribution in [0.25, 0.3) is 223 Å². The van der Waals surface area contributed by atoms with Crippen molar-refractivity contribution in [2.24, 2.45) is 0 Å². The fraction of sp³-hybridized carbons (Fsp3) is 0. The summed E-state index contributed by atoms with van der Waals surface area (Å²) in [6, 6.07) is 144. The lowest BCUT2D eigenvalue weighted by molar-refractivity contribution is 1.11. The quantitative estimate of drug-likeness (QED) is 0.102. The number of rotatable bonds is 14. The van der Waals surface area contributed by atoms with Gasteiger partial charge in [-0.15, -0.1) is 0 Å². The predicted molar refractivity (Wildman–Crippen MR) is 584 cm³/mol. The van der Waals surface area contributed by atoms with Crippen molar-refractivity contribution in [2.75, 3.05) is 0 Å². The zero-order chi connectivity index (χ0) is 93.9. The lowest BCUT2D eigenvalue weighted by atomic mass is 10.00. The molecule has 26 aromatic rings. The van der Waals surface area contributed by atoms with Crippen molar-refractivity contribution in [3.63, 3.8) is 0 Å². The van der Waals surface area contributed by atoms with Gasteiger partial charge in [-0.2, -0.15) is 0 Å². The first kappa shape index (κ1) is 87.3. The molecule has 15 heterocycles. The molecule has 0 N–H and O–H groups in total. The Balaban J connectivity index is 0.000000104. The summed E-state index contributed by atoms with van der Waals surface area (Å²) in [4.78, 5) is 52.2. The summed E-state index contributed by atoms with van der Waals surface area (Å²) in [5.41, 5.74) is 32.2. The van der Waals surface area contributed by atoms with Crippen LogP contribution in [0.5, 0.6) is 0 Å². The number of hydrogen-bond donors (Lipinski definition) is 0. The van der Waals surface area contributed by atoms with Crippen LogP contribution in [0.4, 0.5) is 0 Å². The molecule has 0 aliphatic carbocycles. The maximum absolute atomic E-state index is 5.08. The zero-order valence-electron chi connectivity index (χ0n) is 74.7. The molecular weight excluding hydrogens is 1980 g/mol. The largest absolute Gasteiger partial charge is 0.294 e.